The molecule has 0 N–H and O–H groups in total. The van der Waals surface area contributed by atoms with Gasteiger partial charge in [0.05, 0.1) is 6.04 Å². The Kier molecular flexibility index (Phi) is 12.0. The van der Waals surface area contributed by atoms with E-state index in [2.05, 4.69) is 273 Å². The molecule has 3 atom stereocenters. The molecule has 4 heteroatoms. The van der Waals surface area contributed by atoms with Crippen LogP contribution in [0, 0.1) is 32.6 Å². The van der Waals surface area contributed by atoms with E-state index in [0.717, 1.165) is 46.2 Å². The van der Waals surface area contributed by atoms with E-state index in [0.29, 0.717) is 5.92 Å². The third-order valence-electron chi connectivity index (χ3n) is 12.2. The van der Waals surface area contributed by atoms with E-state index in [1.807, 2.05) is 0 Å². The number of hydrogen-bond acceptors (Lipinski definition) is 4. The van der Waals surface area contributed by atoms with Crippen molar-refractivity contribution < 1.29 is 0 Å². The van der Waals surface area contributed by atoms with Gasteiger partial charge in [-0.3, -0.25) is 0 Å². The second kappa shape index (κ2) is 18.4. The monoisotopic (exact) mass is 820 g/mol. The van der Waals surface area contributed by atoms with Gasteiger partial charge in [-0.25, -0.2) is 0 Å². The van der Waals surface area contributed by atoms with Crippen LogP contribution in [0.3, 0.4) is 0 Å². The fourth-order valence-corrected chi connectivity index (χ4v) is 9.11. The molecule has 0 aromatic heterocycles. The summed E-state index contributed by atoms with van der Waals surface area (Å²) in [6, 6.07) is 66.1. The summed E-state index contributed by atoms with van der Waals surface area (Å²) in [6.07, 6.45) is 14.9. The topological polar surface area (TPSA) is 13.0 Å². The van der Waals surface area contributed by atoms with E-state index >= 15 is 0 Å². The number of hydrogen-bond donors (Lipinski definition) is 0. The van der Waals surface area contributed by atoms with Crippen molar-refractivity contribution in [3.63, 3.8) is 0 Å². The lowest BCUT2D eigenvalue weighted by Gasteiger charge is -2.38. The molecule has 2 aliphatic carbocycles. The third kappa shape index (κ3) is 8.89. The minimum absolute atomic E-state index is 0.112. The number of aryl methyl sites for hydroxylation is 3. The van der Waals surface area contributed by atoms with Crippen LogP contribution in [-0.2, 0) is 0 Å². The zero-order valence-electron chi connectivity index (χ0n) is 37.0. The Hall–Kier alpha value is -7.30. The van der Waals surface area contributed by atoms with Crippen LogP contribution in [0.15, 0.2) is 230 Å². The third-order valence-corrected chi connectivity index (χ3v) is 12.2. The quantitative estimate of drug-likeness (QED) is 0.122. The summed E-state index contributed by atoms with van der Waals surface area (Å²) in [7, 11) is 0. The Morgan fingerprint density at radius 3 is 1.40 bits per heavy atom. The second-order valence-corrected chi connectivity index (χ2v) is 17.1. The average Bonchev–Trinajstić information content (AvgIpc) is 3.30. The Morgan fingerprint density at radius 1 is 0.429 bits per heavy atom. The highest BCUT2D eigenvalue weighted by molar-refractivity contribution is 5.81. The molecule has 0 saturated heterocycles. The van der Waals surface area contributed by atoms with E-state index in [-0.39, 0.29) is 12.0 Å². The number of benzene rings is 7. The molecule has 0 bridgehead atoms. The van der Waals surface area contributed by atoms with Gasteiger partial charge < -0.3 is 19.6 Å². The van der Waals surface area contributed by atoms with Crippen LogP contribution >= 0.6 is 0 Å². The van der Waals surface area contributed by atoms with Crippen molar-refractivity contribution in [2.24, 2.45) is 11.8 Å². The van der Waals surface area contributed by atoms with Gasteiger partial charge in [-0.1, -0.05) is 111 Å². The molecular weight excluding hydrogens is 765 g/mol. The average molecular weight is 821 g/mol. The molecule has 0 aliphatic heterocycles. The molecule has 0 saturated carbocycles. The van der Waals surface area contributed by atoms with E-state index in [9.17, 15) is 0 Å². The van der Waals surface area contributed by atoms with Gasteiger partial charge in [0.25, 0.3) is 0 Å². The summed E-state index contributed by atoms with van der Waals surface area (Å²) in [5, 5.41) is 0. The normalized spacial score (nSPS) is 16.8. The molecule has 7 aromatic carbocycles. The Labute approximate surface area is 374 Å². The van der Waals surface area contributed by atoms with Crippen molar-refractivity contribution in [3.8, 4) is 0 Å². The second-order valence-electron chi connectivity index (χ2n) is 17.1. The van der Waals surface area contributed by atoms with E-state index in [1.54, 1.807) is 0 Å². The van der Waals surface area contributed by atoms with Crippen LogP contribution in [0.1, 0.15) is 37.0 Å². The number of para-hydroxylation sites is 2. The highest BCUT2D eigenvalue weighted by Crippen LogP contribution is 2.42. The van der Waals surface area contributed by atoms with Crippen LogP contribution in [0.25, 0.3) is 0 Å². The van der Waals surface area contributed by atoms with Crippen molar-refractivity contribution in [3.05, 3.63) is 247 Å². The number of rotatable bonds is 12. The first kappa shape index (κ1) is 41.1. The van der Waals surface area contributed by atoms with Crippen molar-refractivity contribution in [2.45, 2.75) is 47.1 Å². The Balaban J connectivity index is 1.13. The standard InChI is InChI=1S/C59H56N4/c1-43-17-14-25-54(39-43)60(48-21-8-6-9-22-48)50-29-31-51(32-30-50)61(52-33-35-53(36-34-52)63(56-27-16-19-45(3)41-56)58-28-13-12-20-46(58)4)57-37-38-59(47(5)42-57)62(49-23-10-7-11-24-49)55-26-15-18-44(2)40-55/h6-19,21-42,46-47,59H,20H2,1-5H3. The fraction of sp³-hybridized carbons (Fsp3) is 0.153. The SMILES string of the molecule is Cc1cccc(N(C2=CC=CCC2C)c2ccc(N(C3=CC(C)C(N(c4ccccc4)c4cccc(C)c4)C=C3)c3ccc(N(c4ccccc4)c4cccc(C)c4)cc3)cc2)c1. The number of allylic oxidation sites excluding steroid dienone is 5. The minimum Gasteiger partial charge on any atom is -0.334 e. The first-order valence-electron chi connectivity index (χ1n) is 22.3. The zero-order chi connectivity index (χ0) is 43.3. The minimum atomic E-state index is 0.112. The van der Waals surface area contributed by atoms with Gasteiger partial charge in [0.1, 0.15) is 0 Å². The van der Waals surface area contributed by atoms with Gasteiger partial charge in [0.2, 0.25) is 0 Å². The largest absolute Gasteiger partial charge is 0.334 e. The molecule has 312 valence electrons. The predicted octanol–water partition coefficient (Wildman–Crippen LogP) is 16.1. The molecule has 0 heterocycles. The Morgan fingerprint density at radius 2 is 0.873 bits per heavy atom. The molecule has 9 rings (SSSR count). The maximum atomic E-state index is 2.48. The van der Waals surface area contributed by atoms with Gasteiger partial charge in [-0.05, 0) is 165 Å². The lowest BCUT2D eigenvalue weighted by molar-refractivity contribution is 0.603. The molecule has 2 aliphatic rings. The first-order chi connectivity index (χ1) is 30.8. The maximum Gasteiger partial charge on any atom is 0.0586 e. The molecule has 0 fully saturated rings. The van der Waals surface area contributed by atoms with Gasteiger partial charge in [0, 0.05) is 74.4 Å². The van der Waals surface area contributed by atoms with Gasteiger partial charge in [-0.15, -0.1) is 0 Å². The highest BCUT2D eigenvalue weighted by Gasteiger charge is 2.29. The lowest BCUT2D eigenvalue weighted by Crippen LogP contribution is -2.36. The molecule has 63 heavy (non-hydrogen) atoms. The summed E-state index contributed by atoms with van der Waals surface area (Å²) in [4.78, 5) is 9.66. The lowest BCUT2D eigenvalue weighted by atomic mass is 9.92. The van der Waals surface area contributed by atoms with E-state index < -0.39 is 0 Å². The van der Waals surface area contributed by atoms with Crippen LogP contribution in [-0.4, -0.2) is 6.04 Å². The first-order valence-corrected chi connectivity index (χ1v) is 22.3. The van der Waals surface area contributed by atoms with Crippen LogP contribution in [0.5, 0.6) is 0 Å². The van der Waals surface area contributed by atoms with Crippen molar-refractivity contribution in [1.29, 1.82) is 0 Å². The van der Waals surface area contributed by atoms with Crippen LogP contribution < -0.4 is 19.6 Å². The molecule has 7 aromatic rings. The Bertz CT molecular complexity index is 2780. The maximum absolute atomic E-state index is 2.48. The zero-order valence-corrected chi connectivity index (χ0v) is 37.0. The molecule has 0 spiro atoms. The van der Waals surface area contributed by atoms with Crippen molar-refractivity contribution in [1.82, 2.24) is 0 Å². The molecule has 3 unspecified atom stereocenters. The molecular formula is C59H56N4. The van der Waals surface area contributed by atoms with Gasteiger partial charge in [0.15, 0.2) is 0 Å². The summed E-state index contributed by atoms with van der Waals surface area (Å²) in [5.41, 5.74) is 16.4. The van der Waals surface area contributed by atoms with E-state index in [1.165, 1.54) is 39.4 Å². The number of anilines is 9. The van der Waals surface area contributed by atoms with E-state index in [4.69, 9.17) is 0 Å². The predicted molar refractivity (Wildman–Crippen MR) is 269 cm³/mol. The smallest absolute Gasteiger partial charge is 0.0586 e. The molecule has 4 nitrogen and oxygen atoms in total. The van der Waals surface area contributed by atoms with Crippen molar-refractivity contribution >= 4 is 51.2 Å². The summed E-state index contributed by atoms with van der Waals surface area (Å²) >= 11 is 0. The van der Waals surface area contributed by atoms with Gasteiger partial charge in [-0.2, -0.15) is 0 Å². The summed E-state index contributed by atoms with van der Waals surface area (Å²) in [6.45, 7) is 11.2. The highest BCUT2D eigenvalue weighted by atomic mass is 15.2. The fourth-order valence-electron chi connectivity index (χ4n) is 9.11. The number of nitrogens with zero attached hydrogens (tertiary/aromatic N) is 4. The molecule has 0 radical (unpaired) electrons. The van der Waals surface area contributed by atoms with Gasteiger partial charge >= 0.3 is 0 Å². The summed E-state index contributed by atoms with van der Waals surface area (Å²) in [5.74, 6) is 0.578. The van der Waals surface area contributed by atoms with Crippen LogP contribution in [0.2, 0.25) is 0 Å². The van der Waals surface area contributed by atoms with Crippen LogP contribution in [0.4, 0.5) is 51.2 Å². The molecule has 0 amide bonds. The van der Waals surface area contributed by atoms with Crippen molar-refractivity contribution in [2.75, 3.05) is 19.6 Å². The summed E-state index contributed by atoms with van der Waals surface area (Å²) < 4.78 is 0.